The summed E-state index contributed by atoms with van der Waals surface area (Å²) in [6.07, 6.45) is 12.7. The zero-order chi connectivity index (χ0) is 17.8. The normalized spacial score (nSPS) is 22.8. The van der Waals surface area contributed by atoms with Crippen LogP contribution in [0.1, 0.15) is 75.6 Å². The highest BCUT2D eigenvalue weighted by Gasteiger charge is 2.24. The van der Waals surface area contributed by atoms with Crippen molar-refractivity contribution in [1.29, 1.82) is 0 Å². The number of fused-ring (bicyclic) bond motifs is 1. The summed E-state index contributed by atoms with van der Waals surface area (Å²) in [6.45, 7) is 3.70. The Hall–Kier alpha value is -1.56. The maximum absolute atomic E-state index is 12.1. The largest absolute Gasteiger partial charge is 0.335 e. The van der Waals surface area contributed by atoms with Gasteiger partial charge in [0.1, 0.15) is 0 Å². The van der Waals surface area contributed by atoms with Crippen LogP contribution in [0.4, 0.5) is 4.79 Å². The highest BCUT2D eigenvalue weighted by atomic mass is 16.2. The van der Waals surface area contributed by atoms with Crippen molar-refractivity contribution in [2.75, 3.05) is 6.54 Å². The molecule has 2 saturated carbocycles. The van der Waals surface area contributed by atoms with Crippen molar-refractivity contribution in [3.8, 4) is 0 Å². The third kappa shape index (κ3) is 4.40. The number of aryl methyl sites for hydroxylation is 1. The quantitative estimate of drug-likeness (QED) is 0.868. The van der Waals surface area contributed by atoms with Gasteiger partial charge in [-0.05, 0) is 38.2 Å². The van der Waals surface area contributed by atoms with Crippen LogP contribution in [-0.4, -0.2) is 39.3 Å². The van der Waals surface area contributed by atoms with Crippen LogP contribution in [0.3, 0.4) is 0 Å². The number of rotatable bonds is 4. The summed E-state index contributed by atoms with van der Waals surface area (Å²) in [6, 6.07) is 3.25. The van der Waals surface area contributed by atoms with E-state index in [9.17, 15) is 4.79 Å². The third-order valence-electron chi connectivity index (χ3n) is 6.31. The van der Waals surface area contributed by atoms with E-state index in [-0.39, 0.29) is 6.03 Å². The number of urea groups is 1. The van der Waals surface area contributed by atoms with Gasteiger partial charge < -0.3 is 10.6 Å². The Morgan fingerprint density at radius 2 is 1.81 bits per heavy atom. The minimum absolute atomic E-state index is 0.0519. The summed E-state index contributed by atoms with van der Waals surface area (Å²) >= 11 is 0. The van der Waals surface area contributed by atoms with Gasteiger partial charge in [0.05, 0.1) is 17.9 Å². The average Bonchev–Trinajstić information content (AvgIpc) is 3.26. The zero-order valence-corrected chi connectivity index (χ0v) is 15.9. The second kappa shape index (κ2) is 8.42. The van der Waals surface area contributed by atoms with E-state index < -0.39 is 0 Å². The van der Waals surface area contributed by atoms with Gasteiger partial charge in [-0.2, -0.15) is 5.10 Å². The Balaban J connectivity index is 1.31. The molecule has 1 aliphatic heterocycles. The lowest BCUT2D eigenvalue weighted by Crippen LogP contribution is -2.40. The number of hydrogen-bond donors (Lipinski definition) is 2. The van der Waals surface area contributed by atoms with E-state index in [4.69, 9.17) is 5.10 Å². The van der Waals surface area contributed by atoms with Crippen molar-refractivity contribution in [2.24, 2.45) is 0 Å². The Labute approximate surface area is 156 Å². The van der Waals surface area contributed by atoms with Crippen molar-refractivity contribution in [3.63, 3.8) is 0 Å². The number of nitrogens with one attached hydrogen (secondary N) is 2. The molecule has 0 unspecified atom stereocenters. The molecule has 0 aromatic carbocycles. The molecule has 0 atom stereocenters. The van der Waals surface area contributed by atoms with Crippen molar-refractivity contribution in [3.05, 3.63) is 17.5 Å². The fourth-order valence-corrected chi connectivity index (χ4v) is 4.87. The molecule has 0 radical (unpaired) electrons. The molecule has 0 saturated heterocycles. The number of nitrogens with zero attached hydrogens (tertiary/aromatic N) is 3. The fraction of sp³-hybridized carbons (Fsp3) is 0.800. The molecule has 0 spiro atoms. The molecule has 2 fully saturated rings. The monoisotopic (exact) mass is 359 g/mol. The minimum atomic E-state index is -0.0519. The Morgan fingerprint density at radius 3 is 2.62 bits per heavy atom. The summed E-state index contributed by atoms with van der Waals surface area (Å²) < 4.78 is 2.16. The predicted octanol–water partition coefficient (Wildman–Crippen LogP) is 3.16. The number of carbonyl (C=O) groups excluding carboxylic acids is 1. The van der Waals surface area contributed by atoms with Gasteiger partial charge in [-0.3, -0.25) is 9.58 Å². The number of aromatic nitrogens is 2. The smallest absolute Gasteiger partial charge is 0.315 e. The number of hydrogen-bond acceptors (Lipinski definition) is 3. The first kappa shape index (κ1) is 17.8. The van der Waals surface area contributed by atoms with Gasteiger partial charge in [-0.15, -0.1) is 0 Å². The molecule has 3 aliphatic rings. The van der Waals surface area contributed by atoms with Gasteiger partial charge in [-0.25, -0.2) is 4.79 Å². The van der Waals surface area contributed by atoms with Gasteiger partial charge in [0.2, 0.25) is 0 Å². The first-order valence-corrected chi connectivity index (χ1v) is 10.6. The molecule has 6 heteroatoms. The molecule has 2 amide bonds. The molecule has 144 valence electrons. The molecule has 1 aromatic rings. The van der Waals surface area contributed by atoms with Crippen LogP contribution in [0.15, 0.2) is 6.07 Å². The lowest BCUT2D eigenvalue weighted by molar-refractivity contribution is 0.150. The van der Waals surface area contributed by atoms with E-state index in [2.05, 4.69) is 26.3 Å². The second-order valence-corrected chi connectivity index (χ2v) is 8.27. The van der Waals surface area contributed by atoms with Crippen molar-refractivity contribution in [2.45, 2.75) is 95.9 Å². The standard InChI is InChI=1S/C20H33N5O/c26-20(22-16-7-4-5-8-16)21-14-17-13-19-15-24(11-6-12-25(19)23-17)18-9-2-1-3-10-18/h13,16,18H,1-12,14-15H2,(H2,21,22,26). The maximum Gasteiger partial charge on any atom is 0.315 e. The predicted molar refractivity (Wildman–Crippen MR) is 102 cm³/mol. The van der Waals surface area contributed by atoms with Gasteiger partial charge in [0, 0.05) is 31.7 Å². The maximum atomic E-state index is 12.1. The van der Waals surface area contributed by atoms with Crippen LogP contribution < -0.4 is 10.6 Å². The summed E-state index contributed by atoms with van der Waals surface area (Å²) in [4.78, 5) is 14.7. The first-order valence-electron chi connectivity index (χ1n) is 10.6. The van der Waals surface area contributed by atoms with E-state index in [1.54, 1.807) is 0 Å². The van der Waals surface area contributed by atoms with E-state index in [0.717, 1.165) is 37.7 Å². The number of amides is 2. The Bertz CT molecular complexity index is 601. The van der Waals surface area contributed by atoms with Crippen LogP contribution in [0.25, 0.3) is 0 Å². The first-order chi connectivity index (χ1) is 12.8. The third-order valence-corrected chi connectivity index (χ3v) is 6.31. The molecule has 4 rings (SSSR count). The highest BCUT2D eigenvalue weighted by molar-refractivity contribution is 5.74. The van der Waals surface area contributed by atoms with E-state index in [1.165, 1.54) is 63.6 Å². The Morgan fingerprint density at radius 1 is 1.04 bits per heavy atom. The highest BCUT2D eigenvalue weighted by Crippen LogP contribution is 2.26. The summed E-state index contributed by atoms with van der Waals surface area (Å²) in [5.41, 5.74) is 2.29. The van der Waals surface area contributed by atoms with Crippen molar-refractivity contribution >= 4 is 6.03 Å². The van der Waals surface area contributed by atoms with Crippen LogP contribution >= 0.6 is 0 Å². The molecule has 26 heavy (non-hydrogen) atoms. The minimum Gasteiger partial charge on any atom is -0.335 e. The van der Waals surface area contributed by atoms with Gasteiger partial charge in [-0.1, -0.05) is 32.1 Å². The average molecular weight is 360 g/mol. The van der Waals surface area contributed by atoms with Crippen molar-refractivity contribution < 1.29 is 4.79 Å². The molecular weight excluding hydrogens is 326 g/mol. The van der Waals surface area contributed by atoms with Gasteiger partial charge in [0.25, 0.3) is 0 Å². The lowest BCUT2D eigenvalue weighted by Gasteiger charge is -2.33. The molecule has 2 N–H and O–H groups in total. The van der Waals surface area contributed by atoms with Crippen molar-refractivity contribution in [1.82, 2.24) is 25.3 Å². The topological polar surface area (TPSA) is 62.2 Å². The van der Waals surface area contributed by atoms with Crippen LogP contribution in [0.5, 0.6) is 0 Å². The fourth-order valence-electron chi connectivity index (χ4n) is 4.87. The Kier molecular flexibility index (Phi) is 5.78. The van der Waals surface area contributed by atoms with Crippen LogP contribution in [0, 0.1) is 0 Å². The second-order valence-electron chi connectivity index (χ2n) is 8.27. The summed E-state index contributed by atoms with van der Waals surface area (Å²) in [5.74, 6) is 0. The molecule has 0 bridgehead atoms. The van der Waals surface area contributed by atoms with Crippen LogP contribution in [-0.2, 0) is 19.6 Å². The summed E-state index contributed by atoms with van der Waals surface area (Å²) in [7, 11) is 0. The zero-order valence-electron chi connectivity index (χ0n) is 15.9. The molecule has 1 aromatic heterocycles. The molecular formula is C20H33N5O. The van der Waals surface area contributed by atoms with Crippen LogP contribution in [0.2, 0.25) is 0 Å². The lowest BCUT2D eigenvalue weighted by atomic mass is 9.94. The number of carbonyl (C=O) groups is 1. The molecule has 6 nitrogen and oxygen atoms in total. The van der Waals surface area contributed by atoms with E-state index in [1.807, 2.05) is 0 Å². The summed E-state index contributed by atoms with van der Waals surface area (Å²) in [5, 5.41) is 10.8. The van der Waals surface area contributed by atoms with E-state index in [0.29, 0.717) is 12.6 Å². The van der Waals surface area contributed by atoms with Gasteiger partial charge in [0.15, 0.2) is 0 Å². The molecule has 2 aliphatic carbocycles. The van der Waals surface area contributed by atoms with E-state index >= 15 is 0 Å². The SMILES string of the molecule is O=C(NCc1cc2n(n1)CCCN(C1CCCCC1)C2)NC1CCCC1. The molecule has 2 heterocycles. The van der Waals surface area contributed by atoms with Gasteiger partial charge >= 0.3 is 6.03 Å².